The molecule has 0 heterocycles. The van der Waals surface area contributed by atoms with Gasteiger partial charge in [0.15, 0.2) is 5.92 Å². The van der Waals surface area contributed by atoms with E-state index >= 15 is 0 Å². The average Bonchev–Trinajstić information content (AvgIpc) is 2.37. The second-order valence-corrected chi connectivity index (χ2v) is 4.22. The molecule has 0 bridgehead atoms. The van der Waals surface area contributed by atoms with Crippen LogP contribution in [0.5, 0.6) is 0 Å². The summed E-state index contributed by atoms with van der Waals surface area (Å²) in [7, 11) is 0. The van der Waals surface area contributed by atoms with Gasteiger partial charge >= 0.3 is 11.9 Å². The van der Waals surface area contributed by atoms with E-state index in [1.165, 1.54) is 6.92 Å². The molecule has 0 saturated carbocycles. The third-order valence-electron chi connectivity index (χ3n) is 3.17. The van der Waals surface area contributed by atoms with Crippen molar-refractivity contribution in [2.75, 3.05) is 6.61 Å². The van der Waals surface area contributed by atoms with E-state index in [0.29, 0.717) is 17.6 Å². The second-order valence-electron chi connectivity index (χ2n) is 4.22. The molecule has 0 aromatic rings. The molecular formula is C14H16O6. The van der Waals surface area contributed by atoms with Crippen LogP contribution in [0.4, 0.5) is 0 Å². The van der Waals surface area contributed by atoms with Crippen LogP contribution in [-0.2, 0) is 19.1 Å². The predicted molar refractivity (Wildman–Crippen MR) is 69.6 cm³/mol. The summed E-state index contributed by atoms with van der Waals surface area (Å²) in [5.41, 5.74) is 0.494. The summed E-state index contributed by atoms with van der Waals surface area (Å²) in [6.07, 6.45) is 0.344. The van der Waals surface area contributed by atoms with Crippen molar-refractivity contribution in [3.63, 3.8) is 0 Å². The van der Waals surface area contributed by atoms with E-state index in [0.717, 1.165) is 0 Å². The number of carbonyl (C=O) groups is 2. The van der Waals surface area contributed by atoms with E-state index < -0.39 is 17.9 Å². The molecule has 1 rings (SSSR count). The van der Waals surface area contributed by atoms with Crippen molar-refractivity contribution in [2.24, 2.45) is 5.92 Å². The monoisotopic (exact) mass is 280 g/mol. The maximum Gasteiger partial charge on any atom is 0.339 e. The van der Waals surface area contributed by atoms with E-state index in [4.69, 9.17) is 4.74 Å². The normalized spacial score (nSPS) is 18.9. The van der Waals surface area contributed by atoms with Gasteiger partial charge in [0.25, 0.3) is 0 Å². The topological polar surface area (TPSA) is 101 Å². The van der Waals surface area contributed by atoms with Crippen LogP contribution in [0.15, 0.2) is 28.1 Å². The standard InChI is InChI=1S/C14H16O6/c1-4-8-7(3)10(13(16)17)12(20-5-2)11(14(18)19)9(8)6-15/h11H,4-5H2,1-3H3,(H,16,17)(H,18,19). The molecule has 2 N–H and O–H groups in total. The Bertz CT molecular complexity index is 560. The Balaban J connectivity index is 3.72. The zero-order valence-corrected chi connectivity index (χ0v) is 11.5. The fourth-order valence-corrected chi connectivity index (χ4v) is 2.38. The van der Waals surface area contributed by atoms with Crippen LogP contribution in [-0.4, -0.2) is 34.7 Å². The number of carboxylic acid groups (broad SMARTS) is 2. The summed E-state index contributed by atoms with van der Waals surface area (Å²) in [5, 5.41) is 18.6. The molecule has 6 heteroatoms. The van der Waals surface area contributed by atoms with Crippen LogP contribution < -0.4 is 0 Å². The third kappa shape index (κ3) is 2.51. The van der Waals surface area contributed by atoms with Crippen molar-refractivity contribution in [3.05, 3.63) is 28.1 Å². The largest absolute Gasteiger partial charge is 0.496 e. The first kappa shape index (κ1) is 15.7. The molecule has 0 aliphatic heterocycles. The first-order valence-electron chi connectivity index (χ1n) is 6.19. The Hall–Kier alpha value is -2.33. The number of carboxylic acids is 2. The van der Waals surface area contributed by atoms with Gasteiger partial charge in [0.05, 0.1) is 12.2 Å². The van der Waals surface area contributed by atoms with Gasteiger partial charge in [-0.1, -0.05) is 6.92 Å². The predicted octanol–water partition coefficient (Wildman–Crippen LogP) is 1.56. The Labute approximate surface area is 116 Å². The Morgan fingerprint density at radius 3 is 2.25 bits per heavy atom. The van der Waals surface area contributed by atoms with Gasteiger partial charge in [0.2, 0.25) is 0 Å². The smallest absolute Gasteiger partial charge is 0.339 e. The van der Waals surface area contributed by atoms with E-state index in [2.05, 4.69) is 0 Å². The van der Waals surface area contributed by atoms with Gasteiger partial charge in [-0.05, 0) is 31.4 Å². The summed E-state index contributed by atoms with van der Waals surface area (Å²) in [6.45, 7) is 4.98. The second kappa shape index (κ2) is 6.21. The maximum absolute atomic E-state index is 11.4. The zero-order valence-electron chi connectivity index (χ0n) is 11.5. The van der Waals surface area contributed by atoms with Crippen LogP contribution in [0, 0.1) is 5.92 Å². The minimum absolute atomic E-state index is 0.0639. The molecular weight excluding hydrogens is 264 g/mol. The van der Waals surface area contributed by atoms with Gasteiger partial charge in [-0.2, -0.15) is 0 Å². The average molecular weight is 280 g/mol. The van der Waals surface area contributed by atoms with E-state index in [1.807, 2.05) is 0 Å². The van der Waals surface area contributed by atoms with Crippen LogP contribution >= 0.6 is 0 Å². The number of aliphatic carboxylic acids is 2. The molecule has 0 aromatic heterocycles. The molecule has 108 valence electrons. The molecule has 20 heavy (non-hydrogen) atoms. The minimum Gasteiger partial charge on any atom is -0.496 e. The van der Waals surface area contributed by atoms with Crippen molar-refractivity contribution in [2.45, 2.75) is 27.2 Å². The summed E-state index contributed by atoms with van der Waals surface area (Å²) in [5.74, 6) is -2.59. The highest BCUT2D eigenvalue weighted by molar-refractivity contribution is 5.97. The summed E-state index contributed by atoms with van der Waals surface area (Å²) in [6, 6.07) is 0. The first-order chi connectivity index (χ1) is 9.40. The SMILES string of the molecule is CCOC1=C(C(=O)O)C(C)=C(CC)C(=C=O)C1C(=O)O. The molecule has 0 spiro atoms. The Kier molecular flexibility index (Phi) is 4.88. The number of hydrogen-bond donors (Lipinski definition) is 2. The fourth-order valence-electron chi connectivity index (χ4n) is 2.38. The molecule has 0 fully saturated rings. The molecule has 1 aliphatic carbocycles. The lowest BCUT2D eigenvalue weighted by Crippen LogP contribution is -2.29. The maximum atomic E-state index is 11.4. The fraction of sp³-hybridized carbons (Fsp3) is 0.429. The molecule has 0 aromatic carbocycles. The number of ether oxygens (including phenoxy) is 1. The molecule has 0 amide bonds. The van der Waals surface area contributed by atoms with E-state index in [1.54, 1.807) is 19.8 Å². The van der Waals surface area contributed by atoms with Crippen LogP contribution in [0.3, 0.4) is 0 Å². The van der Waals surface area contributed by atoms with Gasteiger partial charge in [0, 0.05) is 0 Å². The quantitative estimate of drug-likeness (QED) is 0.741. The Morgan fingerprint density at radius 2 is 1.90 bits per heavy atom. The summed E-state index contributed by atoms with van der Waals surface area (Å²) in [4.78, 5) is 33.9. The molecule has 0 saturated heterocycles. The van der Waals surface area contributed by atoms with Crippen molar-refractivity contribution in [1.29, 1.82) is 0 Å². The number of hydrogen-bond acceptors (Lipinski definition) is 4. The van der Waals surface area contributed by atoms with Crippen molar-refractivity contribution in [1.82, 2.24) is 0 Å². The molecule has 1 aliphatic rings. The molecule has 6 nitrogen and oxygen atoms in total. The molecule has 1 atom stereocenters. The summed E-state index contributed by atoms with van der Waals surface area (Å²) < 4.78 is 5.21. The van der Waals surface area contributed by atoms with Gasteiger partial charge in [-0.25, -0.2) is 9.59 Å². The van der Waals surface area contributed by atoms with Gasteiger partial charge in [-0.15, -0.1) is 0 Å². The van der Waals surface area contributed by atoms with Crippen molar-refractivity contribution < 1.29 is 29.3 Å². The highest BCUT2D eigenvalue weighted by Crippen LogP contribution is 2.39. The zero-order chi connectivity index (χ0) is 15.4. The number of carbonyl (C=O) groups excluding carboxylic acids is 1. The van der Waals surface area contributed by atoms with Gasteiger partial charge in [-0.3, -0.25) is 4.79 Å². The minimum atomic E-state index is -1.42. The highest BCUT2D eigenvalue weighted by Gasteiger charge is 2.40. The van der Waals surface area contributed by atoms with Crippen molar-refractivity contribution in [3.8, 4) is 0 Å². The number of allylic oxidation sites excluding steroid dienone is 1. The lowest BCUT2D eigenvalue weighted by atomic mass is 9.79. The third-order valence-corrected chi connectivity index (χ3v) is 3.17. The lowest BCUT2D eigenvalue weighted by molar-refractivity contribution is -0.140. The van der Waals surface area contributed by atoms with Crippen molar-refractivity contribution >= 4 is 17.9 Å². The van der Waals surface area contributed by atoms with E-state index in [9.17, 15) is 24.6 Å². The Morgan fingerprint density at radius 1 is 1.30 bits per heavy atom. The molecule has 0 radical (unpaired) electrons. The molecule has 1 unspecified atom stereocenters. The van der Waals surface area contributed by atoms with Crippen LogP contribution in [0.2, 0.25) is 0 Å². The first-order valence-corrected chi connectivity index (χ1v) is 6.19. The van der Waals surface area contributed by atoms with Gasteiger partial charge < -0.3 is 14.9 Å². The van der Waals surface area contributed by atoms with Crippen LogP contribution in [0.25, 0.3) is 0 Å². The van der Waals surface area contributed by atoms with Crippen LogP contribution in [0.1, 0.15) is 27.2 Å². The lowest BCUT2D eigenvalue weighted by Gasteiger charge is -2.27. The van der Waals surface area contributed by atoms with Gasteiger partial charge in [0.1, 0.15) is 17.3 Å². The number of rotatable bonds is 5. The summed E-state index contributed by atoms with van der Waals surface area (Å²) >= 11 is 0. The highest BCUT2D eigenvalue weighted by atomic mass is 16.5. The van der Waals surface area contributed by atoms with E-state index in [-0.39, 0.29) is 23.5 Å².